The van der Waals surface area contributed by atoms with Crippen LogP contribution in [0.3, 0.4) is 0 Å². The molecule has 2 aromatic carbocycles. The van der Waals surface area contributed by atoms with Crippen molar-refractivity contribution < 1.29 is 14.9 Å². The third kappa shape index (κ3) is 7.26. The summed E-state index contributed by atoms with van der Waals surface area (Å²) in [6.45, 7) is 6.30. The highest BCUT2D eigenvalue weighted by Crippen LogP contribution is 2.40. The fraction of sp³-hybridized carbons (Fsp3) is 0.344. The quantitative estimate of drug-likeness (QED) is 0.235. The first-order chi connectivity index (χ1) is 20.7. The highest BCUT2D eigenvalue weighted by atomic mass is 35.5. The molecule has 3 aromatic rings. The van der Waals surface area contributed by atoms with Crippen LogP contribution < -0.4 is 15.4 Å². The monoisotopic (exact) mass is 622 g/mol. The molecule has 0 fully saturated rings. The predicted molar refractivity (Wildman–Crippen MR) is 173 cm³/mol. The van der Waals surface area contributed by atoms with Crippen LogP contribution in [0.5, 0.6) is 5.88 Å². The van der Waals surface area contributed by atoms with E-state index in [9.17, 15) is 10.2 Å². The first-order valence-electron chi connectivity index (χ1n) is 14.3. The molecule has 3 atom stereocenters. The molecule has 0 amide bonds. The number of halogens is 2. The number of rotatable bonds is 12. The average Bonchev–Trinajstić information content (AvgIpc) is 3.39. The minimum Gasteiger partial charge on any atom is -0.481 e. The van der Waals surface area contributed by atoms with Gasteiger partial charge in [0.1, 0.15) is 5.84 Å². The zero-order chi connectivity index (χ0) is 30.5. The van der Waals surface area contributed by atoms with Gasteiger partial charge in [-0.1, -0.05) is 65.7 Å². The maximum atomic E-state index is 9.54. The molecule has 1 aromatic heterocycles. The third-order valence-corrected chi connectivity index (χ3v) is 7.94. The van der Waals surface area contributed by atoms with E-state index in [4.69, 9.17) is 43.0 Å². The summed E-state index contributed by atoms with van der Waals surface area (Å²) in [4.78, 5) is 9.47. The molecule has 0 saturated carbocycles. The summed E-state index contributed by atoms with van der Waals surface area (Å²) in [5, 5.41) is 33.3. The number of aliphatic hydroxyl groups is 2. The topological polar surface area (TPSA) is 115 Å². The molecule has 5 rings (SSSR count). The lowest BCUT2D eigenvalue weighted by atomic mass is 9.97. The maximum Gasteiger partial charge on any atom is 0.218 e. The van der Waals surface area contributed by atoms with Crippen molar-refractivity contribution in [2.45, 2.75) is 38.6 Å². The Morgan fingerprint density at radius 1 is 0.907 bits per heavy atom. The van der Waals surface area contributed by atoms with Crippen LogP contribution in [0, 0.1) is 0 Å². The maximum absolute atomic E-state index is 9.54. The molecule has 0 radical (unpaired) electrons. The standard InChI is InChI=1S/C32H36Cl2N6O3/c1-19(41)14-35-16-21-10-11-27(38-32(21)43-3)25-8-4-6-23(30(25)33)24-7-5-9-26(31(24)34)28-12-13-29-37-22(18-40(29)39-28)17-36-15-20(2)42/h4-13,19-20,22,35-36,41-42H,14-18H2,1-3H3/t19-,20-,22?/m0/s1. The number of amidine groups is 1. The first-order valence-corrected chi connectivity index (χ1v) is 15.0. The zero-order valence-electron chi connectivity index (χ0n) is 24.4. The highest BCUT2D eigenvalue weighted by molar-refractivity contribution is 6.40. The second-order valence-electron chi connectivity index (χ2n) is 10.7. The Hall–Kier alpha value is -3.31. The summed E-state index contributed by atoms with van der Waals surface area (Å²) >= 11 is 14.1. The molecular formula is C32H36Cl2N6O3. The van der Waals surface area contributed by atoms with E-state index in [1.807, 2.05) is 65.7 Å². The lowest BCUT2D eigenvalue weighted by molar-refractivity contribution is 0.190. The summed E-state index contributed by atoms with van der Waals surface area (Å²) in [5.74, 6) is 1.30. The fourth-order valence-corrected chi connectivity index (χ4v) is 5.71. The van der Waals surface area contributed by atoms with E-state index in [2.05, 4.69) is 10.6 Å². The van der Waals surface area contributed by atoms with Gasteiger partial charge in [-0.3, -0.25) is 4.99 Å². The van der Waals surface area contributed by atoms with Gasteiger partial charge in [-0.2, -0.15) is 5.10 Å². The number of methoxy groups -OCH3 is 1. The minimum atomic E-state index is -0.445. The van der Waals surface area contributed by atoms with E-state index in [1.54, 1.807) is 21.0 Å². The Morgan fingerprint density at radius 3 is 2.26 bits per heavy atom. The van der Waals surface area contributed by atoms with Crippen molar-refractivity contribution in [3.8, 4) is 28.3 Å². The highest BCUT2D eigenvalue weighted by Gasteiger charge is 2.27. The second kappa shape index (κ2) is 14.0. The second-order valence-corrected chi connectivity index (χ2v) is 11.5. The number of aliphatic hydroxyl groups excluding tert-OH is 2. The van der Waals surface area contributed by atoms with E-state index < -0.39 is 12.2 Å². The Bertz CT molecular complexity index is 1560. The van der Waals surface area contributed by atoms with Gasteiger partial charge in [0.2, 0.25) is 5.88 Å². The summed E-state index contributed by atoms with van der Waals surface area (Å²) in [6, 6.07) is 15.5. The first kappa shape index (κ1) is 31.1. The molecule has 43 heavy (non-hydrogen) atoms. The van der Waals surface area contributed by atoms with Gasteiger partial charge in [0.15, 0.2) is 0 Å². The lowest BCUT2D eigenvalue weighted by Gasteiger charge is -2.20. The summed E-state index contributed by atoms with van der Waals surface area (Å²) in [7, 11) is 1.59. The number of hydrogen-bond acceptors (Lipinski definition) is 9. The summed E-state index contributed by atoms with van der Waals surface area (Å²) in [6.07, 6.45) is 3.03. The van der Waals surface area contributed by atoms with Gasteiger partial charge in [0.25, 0.3) is 0 Å². The minimum absolute atomic E-state index is 0.0478. The Balaban J connectivity index is 1.39. The van der Waals surface area contributed by atoms with Crippen molar-refractivity contribution in [2.75, 3.05) is 33.3 Å². The zero-order valence-corrected chi connectivity index (χ0v) is 25.9. The summed E-state index contributed by atoms with van der Waals surface area (Å²) in [5.41, 5.74) is 5.41. The van der Waals surface area contributed by atoms with Crippen molar-refractivity contribution in [3.63, 3.8) is 0 Å². The number of ether oxygens (including phenoxy) is 1. The normalized spacial score (nSPS) is 17.4. The molecule has 0 spiro atoms. The molecule has 4 N–H and O–H groups in total. The van der Waals surface area contributed by atoms with Gasteiger partial charge < -0.3 is 25.6 Å². The Kier molecular flexibility index (Phi) is 10.1. The van der Waals surface area contributed by atoms with Crippen LogP contribution in [-0.4, -0.2) is 83.3 Å². The Morgan fingerprint density at radius 2 is 1.56 bits per heavy atom. The number of fused-ring (bicyclic) bond motifs is 1. The van der Waals surface area contributed by atoms with Gasteiger partial charge in [0, 0.05) is 54.0 Å². The molecule has 2 aliphatic heterocycles. The summed E-state index contributed by atoms with van der Waals surface area (Å²) < 4.78 is 5.56. The van der Waals surface area contributed by atoms with Crippen LogP contribution in [0.1, 0.15) is 25.0 Å². The van der Waals surface area contributed by atoms with Crippen molar-refractivity contribution in [3.05, 3.63) is 81.9 Å². The fourth-order valence-electron chi connectivity index (χ4n) is 5.06. The number of benzene rings is 2. The number of hydrazone groups is 1. The van der Waals surface area contributed by atoms with E-state index in [1.165, 1.54) is 0 Å². The number of hydrogen-bond donors (Lipinski definition) is 4. The van der Waals surface area contributed by atoms with Crippen LogP contribution in [0.25, 0.3) is 22.4 Å². The molecular weight excluding hydrogens is 587 g/mol. The van der Waals surface area contributed by atoms with Crippen LogP contribution >= 0.6 is 23.2 Å². The molecule has 226 valence electrons. The van der Waals surface area contributed by atoms with Gasteiger partial charge in [0.05, 0.1) is 53.4 Å². The number of nitrogens with zero attached hydrogens (tertiary/aromatic N) is 4. The van der Waals surface area contributed by atoms with Crippen LogP contribution in [-0.2, 0) is 6.54 Å². The van der Waals surface area contributed by atoms with Gasteiger partial charge >= 0.3 is 0 Å². The number of allylic oxidation sites excluding steroid dienone is 1. The molecule has 2 aliphatic rings. The number of nitrogens with one attached hydrogen (secondary N) is 2. The van der Waals surface area contributed by atoms with Gasteiger partial charge in [-0.05, 0) is 32.1 Å². The molecule has 1 unspecified atom stereocenters. The predicted octanol–water partition coefficient (Wildman–Crippen LogP) is 4.53. The number of aliphatic imine (C=N–C) groups is 1. The van der Waals surface area contributed by atoms with Crippen LogP contribution in [0.2, 0.25) is 10.0 Å². The van der Waals surface area contributed by atoms with Crippen LogP contribution in [0.4, 0.5) is 0 Å². The SMILES string of the molecule is COc1nc(-c2cccc(-c3cccc(C4=NN5CC(CNC[C@H](C)O)N=C5C=C4)c3Cl)c2Cl)ccc1CNC[C@H](C)O. The van der Waals surface area contributed by atoms with E-state index in [-0.39, 0.29) is 6.04 Å². The molecule has 3 heterocycles. The third-order valence-electron chi connectivity index (χ3n) is 7.13. The molecule has 0 bridgehead atoms. The number of pyridine rings is 1. The molecule has 0 aliphatic carbocycles. The molecule has 0 saturated heterocycles. The average molecular weight is 624 g/mol. The molecule has 11 heteroatoms. The van der Waals surface area contributed by atoms with Gasteiger partial charge in [-0.15, -0.1) is 0 Å². The van der Waals surface area contributed by atoms with Crippen molar-refractivity contribution in [1.29, 1.82) is 0 Å². The van der Waals surface area contributed by atoms with E-state index in [0.717, 1.165) is 39.4 Å². The Labute approximate surface area is 261 Å². The largest absolute Gasteiger partial charge is 0.481 e. The van der Waals surface area contributed by atoms with Gasteiger partial charge in [-0.25, -0.2) is 9.99 Å². The van der Waals surface area contributed by atoms with Crippen molar-refractivity contribution in [2.24, 2.45) is 10.1 Å². The number of aromatic nitrogens is 1. The lowest BCUT2D eigenvalue weighted by Crippen LogP contribution is -2.34. The van der Waals surface area contributed by atoms with E-state index in [0.29, 0.717) is 54.3 Å². The smallest absolute Gasteiger partial charge is 0.218 e. The van der Waals surface area contributed by atoms with E-state index >= 15 is 0 Å². The van der Waals surface area contributed by atoms with Crippen molar-refractivity contribution >= 4 is 34.7 Å². The van der Waals surface area contributed by atoms with Crippen LogP contribution in [0.15, 0.2) is 70.8 Å². The molecule has 9 nitrogen and oxygen atoms in total. The van der Waals surface area contributed by atoms with Crippen molar-refractivity contribution in [1.82, 2.24) is 20.6 Å².